The van der Waals surface area contributed by atoms with Gasteiger partial charge in [0, 0.05) is 5.69 Å². The molecule has 124 valence electrons. The van der Waals surface area contributed by atoms with E-state index in [2.05, 4.69) is 19.2 Å². The summed E-state index contributed by atoms with van der Waals surface area (Å²) in [6.07, 6.45) is 2.56. The molecule has 2 aromatic rings. The lowest BCUT2D eigenvalue weighted by Gasteiger charge is -2.10. The summed E-state index contributed by atoms with van der Waals surface area (Å²) in [6.45, 7) is 4.29. The third-order valence-electron chi connectivity index (χ3n) is 4.07. The summed E-state index contributed by atoms with van der Waals surface area (Å²) in [5.41, 5.74) is 3.10. The minimum atomic E-state index is -0.455. The van der Waals surface area contributed by atoms with E-state index >= 15 is 0 Å². The third-order valence-corrected chi connectivity index (χ3v) is 4.07. The van der Waals surface area contributed by atoms with Crippen LogP contribution in [0.5, 0.6) is 0 Å². The average molecular weight is 329 g/mol. The van der Waals surface area contributed by atoms with Gasteiger partial charge in [0.25, 0.3) is 5.91 Å². The van der Waals surface area contributed by atoms with E-state index in [1.54, 1.807) is 24.3 Å². The van der Waals surface area contributed by atoms with Crippen molar-refractivity contribution in [3.8, 4) is 12.1 Å². The average Bonchev–Trinajstić information content (AvgIpc) is 2.66. The highest BCUT2D eigenvalue weighted by Gasteiger charge is 2.10. The minimum absolute atomic E-state index is 0.00992. The summed E-state index contributed by atoms with van der Waals surface area (Å²) in [6, 6.07) is 18.3. The SMILES string of the molecule is CC[C@H](C)c1ccc(NC(=O)/C(C#N)=C/c2ccc(C#N)cc2)cc1. The summed E-state index contributed by atoms with van der Waals surface area (Å²) < 4.78 is 0. The molecule has 1 N–H and O–H groups in total. The number of anilines is 1. The number of hydrogen-bond acceptors (Lipinski definition) is 3. The topological polar surface area (TPSA) is 76.7 Å². The van der Waals surface area contributed by atoms with Gasteiger partial charge in [-0.05, 0) is 53.8 Å². The number of benzene rings is 2. The first-order chi connectivity index (χ1) is 12.1. The molecule has 1 atom stereocenters. The number of nitrogens with one attached hydrogen (secondary N) is 1. The number of nitrogens with zero attached hydrogens (tertiary/aromatic N) is 2. The van der Waals surface area contributed by atoms with Crippen molar-refractivity contribution in [1.29, 1.82) is 10.5 Å². The van der Waals surface area contributed by atoms with Gasteiger partial charge in [0.05, 0.1) is 11.6 Å². The standard InChI is InChI=1S/C21H19N3O/c1-3-15(2)18-8-10-20(11-9-18)24-21(25)19(14-23)12-16-4-6-17(13-22)7-5-16/h4-12,15H,3H2,1-2H3,(H,24,25)/b19-12+/t15-/m0/s1. The molecule has 0 bridgehead atoms. The van der Waals surface area contributed by atoms with Crippen molar-refractivity contribution in [3.05, 3.63) is 70.8 Å². The Morgan fingerprint density at radius 2 is 1.76 bits per heavy atom. The van der Waals surface area contributed by atoms with E-state index in [9.17, 15) is 10.1 Å². The molecular formula is C21H19N3O. The van der Waals surface area contributed by atoms with Gasteiger partial charge in [-0.3, -0.25) is 4.79 Å². The molecule has 2 rings (SSSR count). The molecule has 0 spiro atoms. The van der Waals surface area contributed by atoms with Crippen LogP contribution in [-0.2, 0) is 4.79 Å². The predicted octanol–water partition coefficient (Wildman–Crippen LogP) is 4.62. The Bertz CT molecular complexity index is 850. The van der Waals surface area contributed by atoms with Crippen LogP contribution >= 0.6 is 0 Å². The maximum absolute atomic E-state index is 12.3. The molecule has 0 aliphatic rings. The van der Waals surface area contributed by atoms with Gasteiger partial charge in [-0.25, -0.2) is 0 Å². The number of carbonyl (C=O) groups excluding carboxylic acids is 1. The molecule has 25 heavy (non-hydrogen) atoms. The molecular weight excluding hydrogens is 310 g/mol. The van der Waals surface area contributed by atoms with Crippen LogP contribution in [0, 0.1) is 22.7 Å². The summed E-state index contributed by atoms with van der Waals surface area (Å²) in [5, 5.41) is 20.8. The van der Waals surface area contributed by atoms with Crippen molar-refractivity contribution in [2.75, 3.05) is 5.32 Å². The number of rotatable bonds is 5. The van der Waals surface area contributed by atoms with Crippen molar-refractivity contribution < 1.29 is 4.79 Å². The minimum Gasteiger partial charge on any atom is -0.321 e. The summed E-state index contributed by atoms with van der Waals surface area (Å²) in [5.74, 6) is 0.0128. The van der Waals surface area contributed by atoms with E-state index in [0.717, 1.165) is 6.42 Å². The number of hydrogen-bond donors (Lipinski definition) is 1. The van der Waals surface area contributed by atoms with Crippen molar-refractivity contribution in [1.82, 2.24) is 0 Å². The molecule has 4 heteroatoms. The molecule has 4 nitrogen and oxygen atoms in total. The lowest BCUT2D eigenvalue weighted by atomic mass is 9.98. The fourth-order valence-corrected chi connectivity index (χ4v) is 2.30. The number of carbonyl (C=O) groups is 1. The Balaban J connectivity index is 2.13. The van der Waals surface area contributed by atoms with Gasteiger partial charge in [-0.15, -0.1) is 0 Å². The fraction of sp³-hybridized carbons (Fsp3) is 0.190. The van der Waals surface area contributed by atoms with Crippen LogP contribution in [0.2, 0.25) is 0 Å². The van der Waals surface area contributed by atoms with Gasteiger partial charge in [0.2, 0.25) is 0 Å². The van der Waals surface area contributed by atoms with Crippen molar-refractivity contribution in [2.45, 2.75) is 26.2 Å². The fourth-order valence-electron chi connectivity index (χ4n) is 2.30. The number of nitriles is 2. The monoisotopic (exact) mass is 329 g/mol. The van der Waals surface area contributed by atoms with Crippen LogP contribution in [0.1, 0.15) is 42.9 Å². The van der Waals surface area contributed by atoms with Crippen LogP contribution in [0.4, 0.5) is 5.69 Å². The first kappa shape index (κ1) is 18.0. The highest BCUT2D eigenvalue weighted by atomic mass is 16.1. The molecule has 0 aliphatic heterocycles. The van der Waals surface area contributed by atoms with Crippen LogP contribution in [0.3, 0.4) is 0 Å². The Morgan fingerprint density at radius 3 is 2.28 bits per heavy atom. The van der Waals surface area contributed by atoms with E-state index in [4.69, 9.17) is 5.26 Å². The molecule has 0 fully saturated rings. The first-order valence-electron chi connectivity index (χ1n) is 8.10. The summed E-state index contributed by atoms with van der Waals surface area (Å²) >= 11 is 0. The Kier molecular flexibility index (Phi) is 6.09. The van der Waals surface area contributed by atoms with Gasteiger partial charge >= 0.3 is 0 Å². The maximum atomic E-state index is 12.3. The highest BCUT2D eigenvalue weighted by Crippen LogP contribution is 2.21. The Morgan fingerprint density at radius 1 is 1.12 bits per heavy atom. The summed E-state index contributed by atoms with van der Waals surface area (Å²) in [4.78, 5) is 12.3. The van der Waals surface area contributed by atoms with Crippen molar-refractivity contribution >= 4 is 17.7 Å². The lowest BCUT2D eigenvalue weighted by molar-refractivity contribution is -0.112. The zero-order valence-corrected chi connectivity index (χ0v) is 14.3. The van der Waals surface area contributed by atoms with Crippen LogP contribution in [-0.4, -0.2) is 5.91 Å². The summed E-state index contributed by atoms with van der Waals surface area (Å²) in [7, 11) is 0. The normalized spacial score (nSPS) is 11.9. The quantitative estimate of drug-likeness (QED) is 0.642. The molecule has 0 aliphatic carbocycles. The highest BCUT2D eigenvalue weighted by molar-refractivity contribution is 6.09. The second kappa shape index (κ2) is 8.47. The molecule has 2 aromatic carbocycles. The second-order valence-corrected chi connectivity index (χ2v) is 5.79. The van der Waals surface area contributed by atoms with Crippen molar-refractivity contribution in [3.63, 3.8) is 0 Å². The van der Waals surface area contributed by atoms with E-state index in [-0.39, 0.29) is 5.57 Å². The lowest BCUT2D eigenvalue weighted by Crippen LogP contribution is -2.13. The molecule has 1 amide bonds. The molecule has 0 saturated heterocycles. The smallest absolute Gasteiger partial charge is 0.266 e. The second-order valence-electron chi connectivity index (χ2n) is 5.79. The van der Waals surface area contributed by atoms with Crippen LogP contribution < -0.4 is 5.32 Å². The Labute approximate surface area is 148 Å². The van der Waals surface area contributed by atoms with Gasteiger partial charge in [0.15, 0.2) is 0 Å². The molecule has 0 heterocycles. The van der Waals surface area contributed by atoms with E-state index in [1.807, 2.05) is 36.4 Å². The van der Waals surface area contributed by atoms with E-state index in [0.29, 0.717) is 22.7 Å². The number of amides is 1. The molecule has 0 radical (unpaired) electrons. The van der Waals surface area contributed by atoms with Gasteiger partial charge in [-0.1, -0.05) is 38.1 Å². The zero-order valence-electron chi connectivity index (χ0n) is 14.3. The van der Waals surface area contributed by atoms with Crippen LogP contribution in [0.25, 0.3) is 6.08 Å². The molecule has 0 aromatic heterocycles. The van der Waals surface area contributed by atoms with E-state index in [1.165, 1.54) is 11.6 Å². The zero-order chi connectivity index (χ0) is 18.2. The van der Waals surface area contributed by atoms with Gasteiger partial charge in [-0.2, -0.15) is 10.5 Å². The first-order valence-corrected chi connectivity index (χ1v) is 8.10. The molecule has 0 saturated carbocycles. The van der Waals surface area contributed by atoms with Gasteiger partial charge in [0.1, 0.15) is 11.6 Å². The van der Waals surface area contributed by atoms with Gasteiger partial charge < -0.3 is 5.32 Å². The third kappa shape index (κ3) is 4.80. The molecule has 0 unspecified atom stereocenters. The largest absolute Gasteiger partial charge is 0.321 e. The van der Waals surface area contributed by atoms with Crippen LogP contribution in [0.15, 0.2) is 54.1 Å². The Hall–Kier alpha value is -3.37. The predicted molar refractivity (Wildman–Crippen MR) is 98.5 cm³/mol. The maximum Gasteiger partial charge on any atom is 0.266 e. The van der Waals surface area contributed by atoms with E-state index < -0.39 is 5.91 Å². The van der Waals surface area contributed by atoms with Crippen molar-refractivity contribution in [2.24, 2.45) is 0 Å².